The number of aliphatic hydroxyl groups excluding tert-OH is 1. The molecule has 3 nitrogen and oxygen atoms in total. The third kappa shape index (κ3) is 4.05. The lowest BCUT2D eigenvalue weighted by Gasteiger charge is -2.13. The van der Waals surface area contributed by atoms with Gasteiger partial charge in [0.15, 0.2) is 0 Å². The standard InChI is InChI=1S/C11H15Br2NO2/c1-7(15)5-14-6-8-3-9(12)4-10(13)11(8)16-2/h3-4,7,14-15H,5-6H2,1-2H3/t7-/m1/s1. The van der Waals surface area contributed by atoms with Gasteiger partial charge in [-0.2, -0.15) is 0 Å². The molecule has 0 saturated heterocycles. The highest BCUT2D eigenvalue weighted by molar-refractivity contribution is 9.11. The molecule has 0 aliphatic rings. The van der Waals surface area contributed by atoms with E-state index in [1.54, 1.807) is 14.0 Å². The lowest BCUT2D eigenvalue weighted by atomic mass is 10.2. The van der Waals surface area contributed by atoms with Crippen molar-refractivity contribution in [2.45, 2.75) is 19.6 Å². The van der Waals surface area contributed by atoms with E-state index in [0.717, 1.165) is 20.3 Å². The second-order valence-corrected chi connectivity index (χ2v) is 5.33. The Bertz CT molecular complexity index is 356. The summed E-state index contributed by atoms with van der Waals surface area (Å²) >= 11 is 6.88. The van der Waals surface area contributed by atoms with Crippen LogP contribution in [-0.2, 0) is 6.54 Å². The van der Waals surface area contributed by atoms with Crippen molar-refractivity contribution >= 4 is 31.9 Å². The molecule has 0 fully saturated rings. The van der Waals surface area contributed by atoms with Crippen LogP contribution in [0.25, 0.3) is 0 Å². The number of hydrogen-bond acceptors (Lipinski definition) is 3. The number of hydrogen-bond donors (Lipinski definition) is 2. The molecule has 5 heteroatoms. The Balaban J connectivity index is 2.77. The largest absolute Gasteiger partial charge is 0.495 e. The zero-order valence-electron chi connectivity index (χ0n) is 9.26. The number of halogens is 2. The summed E-state index contributed by atoms with van der Waals surface area (Å²) in [7, 11) is 1.65. The Kier molecular flexibility index (Phi) is 5.75. The minimum absolute atomic E-state index is 0.346. The Morgan fingerprint density at radius 1 is 1.44 bits per heavy atom. The Morgan fingerprint density at radius 2 is 2.12 bits per heavy atom. The van der Waals surface area contributed by atoms with Gasteiger partial charge in [-0.25, -0.2) is 0 Å². The topological polar surface area (TPSA) is 41.5 Å². The van der Waals surface area contributed by atoms with Gasteiger partial charge in [-0.1, -0.05) is 15.9 Å². The summed E-state index contributed by atoms with van der Waals surface area (Å²) in [5.41, 5.74) is 1.05. The first-order valence-electron chi connectivity index (χ1n) is 4.95. The van der Waals surface area contributed by atoms with Crippen LogP contribution in [0.1, 0.15) is 12.5 Å². The molecule has 2 N–H and O–H groups in total. The van der Waals surface area contributed by atoms with Gasteiger partial charge in [0.2, 0.25) is 0 Å². The lowest BCUT2D eigenvalue weighted by Crippen LogP contribution is -2.24. The molecule has 90 valence electrons. The van der Waals surface area contributed by atoms with Crippen molar-refractivity contribution in [3.8, 4) is 5.75 Å². The highest BCUT2D eigenvalue weighted by Gasteiger charge is 2.09. The summed E-state index contributed by atoms with van der Waals surface area (Å²) in [6, 6.07) is 3.94. The average Bonchev–Trinajstić information content (AvgIpc) is 2.16. The van der Waals surface area contributed by atoms with Crippen LogP contribution in [0.2, 0.25) is 0 Å². The predicted octanol–water partition coefficient (Wildman–Crippen LogP) is 2.69. The van der Waals surface area contributed by atoms with Crippen molar-refractivity contribution in [1.29, 1.82) is 0 Å². The van der Waals surface area contributed by atoms with Gasteiger partial charge in [0.05, 0.1) is 17.7 Å². The van der Waals surface area contributed by atoms with Crippen molar-refractivity contribution in [3.05, 3.63) is 26.6 Å². The quantitative estimate of drug-likeness (QED) is 0.856. The fourth-order valence-corrected chi connectivity index (χ4v) is 2.86. The number of nitrogens with one attached hydrogen (secondary N) is 1. The molecule has 0 aliphatic carbocycles. The van der Waals surface area contributed by atoms with Crippen LogP contribution < -0.4 is 10.1 Å². The maximum absolute atomic E-state index is 9.15. The molecule has 0 saturated carbocycles. The van der Waals surface area contributed by atoms with Crippen molar-refractivity contribution in [2.75, 3.05) is 13.7 Å². The molecule has 1 aromatic rings. The van der Waals surface area contributed by atoms with Crippen LogP contribution in [0.3, 0.4) is 0 Å². The molecule has 1 rings (SSSR count). The van der Waals surface area contributed by atoms with Crippen LogP contribution in [0.15, 0.2) is 21.1 Å². The second kappa shape index (κ2) is 6.59. The molecule has 0 heterocycles. The summed E-state index contributed by atoms with van der Waals surface area (Å²) in [4.78, 5) is 0. The minimum Gasteiger partial charge on any atom is -0.495 e. The first kappa shape index (κ1) is 14.0. The molecular formula is C11H15Br2NO2. The van der Waals surface area contributed by atoms with Crippen LogP contribution in [0, 0.1) is 0 Å². The van der Waals surface area contributed by atoms with Gasteiger partial charge in [0.1, 0.15) is 5.75 Å². The maximum atomic E-state index is 9.15. The number of ether oxygens (including phenoxy) is 1. The molecule has 0 aromatic heterocycles. The molecule has 1 atom stereocenters. The van der Waals surface area contributed by atoms with Crippen LogP contribution in [0.5, 0.6) is 5.75 Å². The van der Waals surface area contributed by atoms with E-state index < -0.39 is 0 Å². The van der Waals surface area contributed by atoms with E-state index in [1.807, 2.05) is 12.1 Å². The first-order chi connectivity index (χ1) is 7.54. The van der Waals surface area contributed by atoms with Crippen molar-refractivity contribution in [3.63, 3.8) is 0 Å². The molecule has 0 aliphatic heterocycles. The van der Waals surface area contributed by atoms with Crippen LogP contribution >= 0.6 is 31.9 Å². The maximum Gasteiger partial charge on any atom is 0.137 e. The van der Waals surface area contributed by atoms with Gasteiger partial charge in [-0.05, 0) is 35.0 Å². The Labute approximate surface area is 112 Å². The molecule has 0 bridgehead atoms. The summed E-state index contributed by atoms with van der Waals surface area (Å²) in [5.74, 6) is 0.821. The lowest BCUT2D eigenvalue weighted by molar-refractivity contribution is 0.191. The number of rotatable bonds is 5. The molecule has 0 spiro atoms. The van der Waals surface area contributed by atoms with E-state index in [1.165, 1.54) is 0 Å². The van der Waals surface area contributed by atoms with Crippen molar-refractivity contribution in [2.24, 2.45) is 0 Å². The third-order valence-corrected chi connectivity index (χ3v) is 3.09. The predicted molar refractivity (Wildman–Crippen MR) is 71.8 cm³/mol. The van der Waals surface area contributed by atoms with Gasteiger partial charge in [0.25, 0.3) is 0 Å². The summed E-state index contributed by atoms with van der Waals surface area (Å²) in [6.45, 7) is 2.97. The van der Waals surface area contributed by atoms with E-state index in [4.69, 9.17) is 9.84 Å². The van der Waals surface area contributed by atoms with Gasteiger partial charge in [-0.15, -0.1) is 0 Å². The van der Waals surface area contributed by atoms with Gasteiger partial charge >= 0.3 is 0 Å². The highest BCUT2D eigenvalue weighted by Crippen LogP contribution is 2.32. The molecular weight excluding hydrogens is 338 g/mol. The fourth-order valence-electron chi connectivity index (χ4n) is 1.39. The molecule has 0 amide bonds. The Morgan fingerprint density at radius 3 is 2.69 bits per heavy atom. The SMILES string of the molecule is COc1c(Br)cc(Br)cc1CNC[C@@H](C)O. The summed E-state index contributed by atoms with van der Waals surface area (Å²) in [6.07, 6.45) is -0.346. The van der Waals surface area contributed by atoms with Gasteiger partial charge < -0.3 is 15.2 Å². The number of benzene rings is 1. The smallest absolute Gasteiger partial charge is 0.137 e. The zero-order valence-corrected chi connectivity index (χ0v) is 12.4. The average molecular weight is 353 g/mol. The monoisotopic (exact) mass is 351 g/mol. The van der Waals surface area contributed by atoms with Gasteiger partial charge in [-0.3, -0.25) is 0 Å². The van der Waals surface area contributed by atoms with Gasteiger partial charge in [0, 0.05) is 23.1 Å². The van der Waals surface area contributed by atoms with E-state index in [2.05, 4.69) is 37.2 Å². The molecule has 0 radical (unpaired) electrons. The van der Waals surface area contributed by atoms with E-state index in [9.17, 15) is 0 Å². The molecule has 16 heavy (non-hydrogen) atoms. The van der Waals surface area contributed by atoms with Crippen LogP contribution in [-0.4, -0.2) is 24.9 Å². The molecule has 1 aromatic carbocycles. The zero-order chi connectivity index (χ0) is 12.1. The first-order valence-corrected chi connectivity index (χ1v) is 6.54. The molecule has 0 unspecified atom stereocenters. The third-order valence-electron chi connectivity index (χ3n) is 2.04. The number of methoxy groups -OCH3 is 1. The highest BCUT2D eigenvalue weighted by atomic mass is 79.9. The normalized spacial score (nSPS) is 12.6. The summed E-state index contributed by atoms with van der Waals surface area (Å²) < 4.78 is 7.23. The minimum atomic E-state index is -0.346. The second-order valence-electron chi connectivity index (χ2n) is 3.56. The number of aliphatic hydroxyl groups is 1. The Hall–Kier alpha value is -0.100. The van der Waals surface area contributed by atoms with E-state index in [-0.39, 0.29) is 6.10 Å². The summed E-state index contributed by atoms with van der Waals surface area (Å²) in [5, 5.41) is 12.3. The van der Waals surface area contributed by atoms with E-state index in [0.29, 0.717) is 13.1 Å². The van der Waals surface area contributed by atoms with Crippen molar-refractivity contribution in [1.82, 2.24) is 5.32 Å². The van der Waals surface area contributed by atoms with Crippen LogP contribution in [0.4, 0.5) is 0 Å². The fraction of sp³-hybridized carbons (Fsp3) is 0.455. The van der Waals surface area contributed by atoms with E-state index >= 15 is 0 Å². The van der Waals surface area contributed by atoms with Crippen molar-refractivity contribution < 1.29 is 9.84 Å².